The summed E-state index contributed by atoms with van der Waals surface area (Å²) in [6, 6.07) is -3.27. The van der Waals surface area contributed by atoms with Crippen molar-refractivity contribution in [2.75, 3.05) is 13.1 Å². The summed E-state index contributed by atoms with van der Waals surface area (Å²) in [5.41, 5.74) is 0.449. The number of carboxylic acid groups (broad SMARTS) is 2. The minimum absolute atomic E-state index is 0.112. The molecule has 2 heterocycles. The SMILES string of the molecule is O=C(O)CC(NC(=O)CNC(=O)C1CCCN1)C(=O)NC(Cc1cnc[nH]1)C(=O)O. The van der Waals surface area contributed by atoms with Gasteiger partial charge < -0.3 is 36.5 Å². The Morgan fingerprint density at radius 2 is 1.93 bits per heavy atom. The summed E-state index contributed by atoms with van der Waals surface area (Å²) < 4.78 is 0. The van der Waals surface area contributed by atoms with Crippen LogP contribution in [0.5, 0.6) is 0 Å². The summed E-state index contributed by atoms with van der Waals surface area (Å²) in [6.07, 6.45) is 3.35. The van der Waals surface area contributed by atoms with Crippen LogP contribution in [0.3, 0.4) is 0 Å². The minimum Gasteiger partial charge on any atom is -0.481 e. The Bertz CT molecular complexity index is 776. The molecule has 1 aromatic rings. The van der Waals surface area contributed by atoms with Gasteiger partial charge in [0.15, 0.2) is 0 Å². The van der Waals surface area contributed by atoms with Gasteiger partial charge in [-0.3, -0.25) is 19.2 Å². The summed E-state index contributed by atoms with van der Waals surface area (Å²) in [4.78, 5) is 65.4. The molecule has 1 aliphatic rings. The second kappa shape index (κ2) is 10.9. The summed E-state index contributed by atoms with van der Waals surface area (Å²) in [7, 11) is 0. The standard InChI is InChI=1S/C17H24N6O7/c24-13(7-20-15(27)10-2-1-3-19-10)22-11(5-14(25)26)16(28)23-12(17(29)30)4-9-6-18-8-21-9/h6,8,10-12,19H,1-5,7H2,(H,18,21)(H,20,27)(H,22,24)(H,23,28)(H,25,26)(H,29,30). The number of hydrogen-bond acceptors (Lipinski definition) is 7. The van der Waals surface area contributed by atoms with Crippen LogP contribution in [0.15, 0.2) is 12.5 Å². The molecular weight excluding hydrogens is 400 g/mol. The zero-order valence-electron chi connectivity index (χ0n) is 16.0. The van der Waals surface area contributed by atoms with Gasteiger partial charge in [-0.05, 0) is 19.4 Å². The van der Waals surface area contributed by atoms with E-state index in [0.717, 1.165) is 6.42 Å². The molecule has 3 atom stereocenters. The quantitative estimate of drug-likeness (QED) is 0.198. The number of rotatable bonds is 11. The van der Waals surface area contributed by atoms with Crippen LogP contribution in [0.25, 0.3) is 0 Å². The van der Waals surface area contributed by atoms with E-state index in [9.17, 15) is 29.1 Å². The molecule has 3 amide bonds. The maximum absolute atomic E-state index is 12.4. The molecule has 13 heteroatoms. The lowest BCUT2D eigenvalue weighted by atomic mass is 10.1. The third kappa shape index (κ3) is 7.16. The van der Waals surface area contributed by atoms with Crippen LogP contribution in [0.2, 0.25) is 0 Å². The highest BCUT2D eigenvalue weighted by Gasteiger charge is 2.29. The Hall–Kier alpha value is -3.48. The average molecular weight is 424 g/mol. The van der Waals surface area contributed by atoms with E-state index < -0.39 is 54.8 Å². The van der Waals surface area contributed by atoms with Crippen LogP contribution in [0.1, 0.15) is 25.0 Å². The smallest absolute Gasteiger partial charge is 0.326 e. The zero-order chi connectivity index (χ0) is 22.1. The number of aromatic nitrogens is 2. The highest BCUT2D eigenvalue weighted by atomic mass is 16.4. The first-order chi connectivity index (χ1) is 14.3. The van der Waals surface area contributed by atoms with Crippen LogP contribution in [-0.2, 0) is 30.4 Å². The second-order valence-electron chi connectivity index (χ2n) is 6.77. The first-order valence-corrected chi connectivity index (χ1v) is 9.29. The molecular formula is C17H24N6O7. The van der Waals surface area contributed by atoms with Gasteiger partial charge >= 0.3 is 11.9 Å². The van der Waals surface area contributed by atoms with Gasteiger partial charge in [0, 0.05) is 18.3 Å². The number of carboxylic acids is 2. The number of H-pyrrole nitrogens is 1. The summed E-state index contributed by atoms with van der Waals surface area (Å²) in [6.45, 7) is 0.255. The number of carbonyl (C=O) groups is 5. The second-order valence-corrected chi connectivity index (χ2v) is 6.77. The fourth-order valence-corrected chi connectivity index (χ4v) is 2.92. The van der Waals surface area contributed by atoms with Crippen LogP contribution < -0.4 is 21.3 Å². The number of amides is 3. The van der Waals surface area contributed by atoms with Gasteiger partial charge in [0.05, 0.1) is 25.3 Å². The maximum atomic E-state index is 12.4. The molecule has 13 nitrogen and oxygen atoms in total. The number of nitrogens with one attached hydrogen (secondary N) is 5. The molecule has 0 spiro atoms. The van der Waals surface area contributed by atoms with E-state index in [2.05, 4.69) is 31.2 Å². The number of carbonyl (C=O) groups excluding carboxylic acids is 3. The van der Waals surface area contributed by atoms with Crippen molar-refractivity contribution in [2.24, 2.45) is 0 Å². The molecule has 0 radical (unpaired) electrons. The van der Waals surface area contributed by atoms with E-state index in [1.807, 2.05) is 0 Å². The van der Waals surface area contributed by atoms with Crippen molar-refractivity contribution < 1.29 is 34.2 Å². The number of hydrogen-bond donors (Lipinski definition) is 7. The van der Waals surface area contributed by atoms with Gasteiger partial charge in [-0.25, -0.2) is 9.78 Å². The van der Waals surface area contributed by atoms with Crippen molar-refractivity contribution >= 4 is 29.7 Å². The first-order valence-electron chi connectivity index (χ1n) is 9.29. The number of nitrogens with zero attached hydrogens (tertiary/aromatic N) is 1. The lowest BCUT2D eigenvalue weighted by Crippen LogP contribution is -2.54. The fraction of sp³-hybridized carbons (Fsp3) is 0.529. The van der Waals surface area contributed by atoms with Crippen molar-refractivity contribution in [1.82, 2.24) is 31.2 Å². The van der Waals surface area contributed by atoms with Crippen LogP contribution >= 0.6 is 0 Å². The Balaban J connectivity index is 1.92. The number of aromatic amines is 1. The minimum atomic E-state index is -1.51. The summed E-state index contributed by atoms with van der Waals surface area (Å²) >= 11 is 0. The molecule has 30 heavy (non-hydrogen) atoms. The molecule has 2 rings (SSSR count). The van der Waals surface area contributed by atoms with E-state index in [0.29, 0.717) is 18.7 Å². The van der Waals surface area contributed by atoms with Crippen molar-refractivity contribution in [3.05, 3.63) is 18.2 Å². The molecule has 0 aromatic carbocycles. The third-order valence-electron chi connectivity index (χ3n) is 4.42. The number of aliphatic carboxylic acids is 2. The molecule has 0 saturated carbocycles. The van der Waals surface area contributed by atoms with Gasteiger partial charge in [-0.1, -0.05) is 0 Å². The predicted molar refractivity (Wildman–Crippen MR) is 100 cm³/mol. The monoisotopic (exact) mass is 424 g/mol. The first kappa shape index (κ1) is 22.8. The number of imidazole rings is 1. The molecule has 7 N–H and O–H groups in total. The Kier molecular flexibility index (Phi) is 8.29. The third-order valence-corrected chi connectivity index (χ3v) is 4.42. The van der Waals surface area contributed by atoms with Crippen molar-refractivity contribution in [3.63, 3.8) is 0 Å². The van der Waals surface area contributed by atoms with E-state index in [-0.39, 0.29) is 12.3 Å². The van der Waals surface area contributed by atoms with Gasteiger partial charge in [0.1, 0.15) is 12.1 Å². The zero-order valence-corrected chi connectivity index (χ0v) is 16.0. The van der Waals surface area contributed by atoms with Gasteiger partial charge in [0.25, 0.3) is 0 Å². The van der Waals surface area contributed by atoms with E-state index in [1.165, 1.54) is 12.5 Å². The van der Waals surface area contributed by atoms with Crippen LogP contribution in [-0.4, -0.2) is 81.1 Å². The Labute approximate surface area is 171 Å². The summed E-state index contributed by atoms with van der Waals surface area (Å²) in [5, 5.41) is 28.1. The largest absolute Gasteiger partial charge is 0.481 e. The topological polar surface area (TPSA) is 203 Å². The lowest BCUT2D eigenvalue weighted by molar-refractivity contribution is -0.143. The van der Waals surface area contributed by atoms with Gasteiger partial charge in [0.2, 0.25) is 17.7 Å². The average Bonchev–Trinajstić information content (AvgIpc) is 3.38. The molecule has 1 aromatic heterocycles. The molecule has 0 aliphatic carbocycles. The Morgan fingerprint density at radius 1 is 1.17 bits per heavy atom. The normalized spacial score (nSPS) is 17.5. The van der Waals surface area contributed by atoms with E-state index in [4.69, 9.17) is 5.11 Å². The van der Waals surface area contributed by atoms with Gasteiger partial charge in [-0.2, -0.15) is 0 Å². The highest BCUT2D eigenvalue weighted by molar-refractivity contribution is 5.94. The summed E-state index contributed by atoms with van der Waals surface area (Å²) in [5.74, 6) is -4.82. The Morgan fingerprint density at radius 3 is 2.50 bits per heavy atom. The van der Waals surface area contributed by atoms with Gasteiger partial charge in [-0.15, -0.1) is 0 Å². The lowest BCUT2D eigenvalue weighted by Gasteiger charge is -2.20. The fourth-order valence-electron chi connectivity index (χ4n) is 2.92. The van der Waals surface area contributed by atoms with E-state index in [1.54, 1.807) is 0 Å². The van der Waals surface area contributed by atoms with E-state index >= 15 is 0 Å². The molecule has 1 saturated heterocycles. The molecule has 1 aliphatic heterocycles. The van der Waals surface area contributed by atoms with Crippen LogP contribution in [0.4, 0.5) is 0 Å². The van der Waals surface area contributed by atoms with Crippen molar-refractivity contribution in [1.29, 1.82) is 0 Å². The molecule has 0 bridgehead atoms. The molecule has 164 valence electrons. The molecule has 1 fully saturated rings. The predicted octanol–water partition coefficient (Wildman–Crippen LogP) is -2.65. The molecule has 3 unspecified atom stereocenters. The van der Waals surface area contributed by atoms with Crippen LogP contribution in [0, 0.1) is 0 Å². The maximum Gasteiger partial charge on any atom is 0.326 e. The highest BCUT2D eigenvalue weighted by Crippen LogP contribution is 2.04. The van der Waals surface area contributed by atoms with Crippen molar-refractivity contribution in [3.8, 4) is 0 Å². The van der Waals surface area contributed by atoms with Crippen molar-refractivity contribution in [2.45, 2.75) is 43.8 Å².